The fourth-order valence-electron chi connectivity index (χ4n) is 2.75. The summed E-state index contributed by atoms with van der Waals surface area (Å²) in [5, 5.41) is 10.3. The summed E-state index contributed by atoms with van der Waals surface area (Å²) in [7, 11) is 0. The molecule has 116 valence electrons. The van der Waals surface area contributed by atoms with Gasteiger partial charge in [0.05, 0.1) is 12.7 Å². The molecule has 0 bridgehead atoms. The molecule has 0 aliphatic carbocycles. The molecule has 2 unspecified atom stereocenters. The van der Waals surface area contributed by atoms with Gasteiger partial charge in [0.2, 0.25) is 0 Å². The molecule has 5 heteroatoms. The molecule has 1 aromatic carbocycles. The minimum absolute atomic E-state index is 0.180. The van der Waals surface area contributed by atoms with Crippen LogP contribution in [0.15, 0.2) is 24.3 Å². The van der Waals surface area contributed by atoms with Crippen LogP contribution in [-0.4, -0.2) is 41.7 Å². The number of carbonyl (C=O) groups excluding carboxylic acids is 1. The normalized spacial score (nSPS) is 20.4. The van der Waals surface area contributed by atoms with Gasteiger partial charge in [-0.15, -0.1) is 0 Å². The third-order valence-corrected chi connectivity index (χ3v) is 3.93. The van der Waals surface area contributed by atoms with Crippen LogP contribution in [0.5, 0.6) is 0 Å². The Morgan fingerprint density at radius 3 is 2.81 bits per heavy atom. The Bertz CT molecular complexity index is 461. The lowest BCUT2D eigenvalue weighted by Gasteiger charge is -2.25. The van der Waals surface area contributed by atoms with Crippen molar-refractivity contribution in [2.75, 3.05) is 19.7 Å². The number of benzene rings is 1. The average molecular weight is 292 g/mol. The van der Waals surface area contributed by atoms with Gasteiger partial charge in [0.25, 0.3) is 0 Å². The summed E-state index contributed by atoms with van der Waals surface area (Å²) in [6.07, 6.45) is 1.16. The summed E-state index contributed by atoms with van der Waals surface area (Å²) in [5.74, 6) is -0.180. The molecule has 1 aromatic rings. The van der Waals surface area contributed by atoms with Crippen molar-refractivity contribution in [2.24, 2.45) is 5.73 Å². The van der Waals surface area contributed by atoms with E-state index < -0.39 is 6.10 Å². The first-order valence-electron chi connectivity index (χ1n) is 7.53. The molecule has 0 amide bonds. The molecular weight excluding hydrogens is 268 g/mol. The summed E-state index contributed by atoms with van der Waals surface area (Å²) in [6.45, 7) is 3.97. The fraction of sp³-hybridized carbons (Fsp3) is 0.562. The maximum Gasteiger partial charge on any atom is 0.323 e. The average Bonchev–Trinajstić information content (AvgIpc) is 2.95. The number of nitrogens with zero attached hydrogens (tertiary/aromatic N) is 1. The highest BCUT2D eigenvalue weighted by atomic mass is 16.5. The largest absolute Gasteiger partial charge is 0.465 e. The second kappa shape index (κ2) is 7.54. The Hall–Kier alpha value is -1.43. The quantitative estimate of drug-likeness (QED) is 0.771. The van der Waals surface area contributed by atoms with Crippen LogP contribution in [0.25, 0.3) is 0 Å². The van der Waals surface area contributed by atoms with Gasteiger partial charge in [0.1, 0.15) is 6.04 Å². The lowest BCUT2D eigenvalue weighted by molar-refractivity contribution is -0.148. The van der Waals surface area contributed by atoms with Gasteiger partial charge in [-0.25, -0.2) is 0 Å². The minimum atomic E-state index is -0.605. The topological polar surface area (TPSA) is 75.8 Å². The highest BCUT2D eigenvalue weighted by Crippen LogP contribution is 2.23. The molecule has 0 saturated carbocycles. The number of rotatable bonds is 6. The Morgan fingerprint density at radius 2 is 2.19 bits per heavy atom. The first kappa shape index (κ1) is 15.9. The van der Waals surface area contributed by atoms with E-state index in [0.29, 0.717) is 19.7 Å². The monoisotopic (exact) mass is 292 g/mol. The maximum absolute atomic E-state index is 11.9. The molecule has 21 heavy (non-hydrogen) atoms. The van der Waals surface area contributed by atoms with Crippen LogP contribution in [0.2, 0.25) is 0 Å². The first-order chi connectivity index (χ1) is 10.2. The Morgan fingerprint density at radius 1 is 1.48 bits per heavy atom. The number of likely N-dealkylation sites (tertiary alicyclic amines) is 1. The number of ether oxygens (including phenoxy) is 1. The maximum atomic E-state index is 11.9. The molecule has 2 atom stereocenters. The molecule has 0 spiro atoms. The molecule has 5 nitrogen and oxygen atoms in total. The van der Waals surface area contributed by atoms with Crippen molar-refractivity contribution >= 4 is 5.97 Å². The number of nitrogens with two attached hydrogens (primary N) is 1. The zero-order valence-electron chi connectivity index (χ0n) is 12.5. The van der Waals surface area contributed by atoms with Gasteiger partial charge in [0.15, 0.2) is 0 Å². The van der Waals surface area contributed by atoms with Gasteiger partial charge in [-0.2, -0.15) is 0 Å². The van der Waals surface area contributed by atoms with Gasteiger partial charge in [-0.05, 0) is 37.4 Å². The third kappa shape index (κ3) is 4.03. The number of hydrogen-bond acceptors (Lipinski definition) is 5. The van der Waals surface area contributed by atoms with Crippen LogP contribution in [0, 0.1) is 0 Å². The molecule has 2 rings (SSSR count). The van der Waals surface area contributed by atoms with Crippen LogP contribution in [0.3, 0.4) is 0 Å². The van der Waals surface area contributed by atoms with E-state index in [4.69, 9.17) is 10.5 Å². The standard InChI is InChI=1S/C16H24N2O3/c1-2-21-16(20)14-4-3-9-18(14)11-15(19)13-7-5-12(10-17)6-8-13/h5-8,14-15,19H,2-4,9-11,17H2,1H3. The van der Waals surface area contributed by atoms with Crippen LogP contribution in [0.1, 0.15) is 37.0 Å². The van der Waals surface area contributed by atoms with Gasteiger partial charge in [-0.3, -0.25) is 9.69 Å². The second-order valence-electron chi connectivity index (χ2n) is 5.37. The predicted molar refractivity (Wildman–Crippen MR) is 80.5 cm³/mol. The molecule has 1 saturated heterocycles. The summed E-state index contributed by atoms with van der Waals surface area (Å²) >= 11 is 0. The smallest absolute Gasteiger partial charge is 0.323 e. The van der Waals surface area contributed by atoms with Gasteiger partial charge in [-0.1, -0.05) is 24.3 Å². The Kier molecular flexibility index (Phi) is 5.73. The van der Waals surface area contributed by atoms with Crippen LogP contribution in [-0.2, 0) is 16.1 Å². The summed E-state index contributed by atoms with van der Waals surface area (Å²) < 4.78 is 5.10. The summed E-state index contributed by atoms with van der Waals surface area (Å²) in [6, 6.07) is 7.41. The molecule has 1 fully saturated rings. The van der Waals surface area contributed by atoms with Crippen molar-refractivity contribution in [1.29, 1.82) is 0 Å². The minimum Gasteiger partial charge on any atom is -0.465 e. The van der Waals surface area contributed by atoms with E-state index in [1.54, 1.807) is 0 Å². The third-order valence-electron chi connectivity index (χ3n) is 3.93. The highest BCUT2D eigenvalue weighted by molar-refractivity contribution is 5.76. The lowest BCUT2D eigenvalue weighted by Crippen LogP contribution is -2.39. The summed E-state index contributed by atoms with van der Waals surface area (Å²) in [5.41, 5.74) is 7.45. The number of esters is 1. The highest BCUT2D eigenvalue weighted by Gasteiger charge is 2.32. The van der Waals surface area contributed by atoms with Crippen molar-refractivity contribution in [3.05, 3.63) is 35.4 Å². The first-order valence-corrected chi connectivity index (χ1v) is 7.53. The van der Waals surface area contributed by atoms with Crippen LogP contribution >= 0.6 is 0 Å². The molecule has 1 aliphatic rings. The fourth-order valence-corrected chi connectivity index (χ4v) is 2.75. The molecule has 3 N–H and O–H groups in total. The zero-order valence-corrected chi connectivity index (χ0v) is 12.5. The van der Waals surface area contributed by atoms with Gasteiger partial charge < -0.3 is 15.6 Å². The van der Waals surface area contributed by atoms with E-state index >= 15 is 0 Å². The van der Waals surface area contributed by atoms with E-state index in [0.717, 1.165) is 30.5 Å². The van der Waals surface area contributed by atoms with Crippen molar-refractivity contribution < 1.29 is 14.6 Å². The van der Waals surface area contributed by atoms with Crippen LogP contribution < -0.4 is 5.73 Å². The van der Waals surface area contributed by atoms with Crippen molar-refractivity contribution in [2.45, 2.75) is 38.5 Å². The van der Waals surface area contributed by atoms with Crippen LogP contribution in [0.4, 0.5) is 0 Å². The molecule has 1 aliphatic heterocycles. The lowest BCUT2D eigenvalue weighted by atomic mass is 10.1. The van der Waals surface area contributed by atoms with Gasteiger partial charge in [0, 0.05) is 13.1 Å². The SMILES string of the molecule is CCOC(=O)C1CCCN1CC(O)c1ccc(CN)cc1. The second-order valence-corrected chi connectivity index (χ2v) is 5.37. The van der Waals surface area contributed by atoms with E-state index in [2.05, 4.69) is 0 Å². The Balaban J connectivity index is 1.97. The van der Waals surface area contributed by atoms with E-state index in [-0.39, 0.29) is 12.0 Å². The molecule has 0 aromatic heterocycles. The molecular formula is C16H24N2O3. The number of β-amino-alcohol motifs (C(OH)–C–C–N with tert-alkyl or cyclic N) is 1. The zero-order chi connectivity index (χ0) is 15.2. The van der Waals surface area contributed by atoms with Crippen molar-refractivity contribution in [1.82, 2.24) is 4.90 Å². The summed E-state index contributed by atoms with van der Waals surface area (Å²) in [4.78, 5) is 13.9. The molecule has 1 heterocycles. The Labute approximate surface area is 125 Å². The predicted octanol–water partition coefficient (Wildman–Crippen LogP) is 1.21. The van der Waals surface area contributed by atoms with E-state index in [1.165, 1.54) is 0 Å². The van der Waals surface area contributed by atoms with E-state index in [9.17, 15) is 9.90 Å². The number of carbonyl (C=O) groups is 1. The number of aliphatic hydroxyl groups excluding tert-OH is 1. The van der Waals surface area contributed by atoms with E-state index in [1.807, 2.05) is 36.1 Å². The molecule has 0 radical (unpaired) electrons. The van der Waals surface area contributed by atoms with Crippen molar-refractivity contribution in [3.63, 3.8) is 0 Å². The van der Waals surface area contributed by atoms with Gasteiger partial charge >= 0.3 is 5.97 Å². The number of aliphatic hydroxyl groups is 1. The van der Waals surface area contributed by atoms with Crippen molar-refractivity contribution in [3.8, 4) is 0 Å². The number of hydrogen-bond donors (Lipinski definition) is 2.